The number of oxazole rings is 1. The van der Waals surface area contributed by atoms with E-state index in [1.54, 1.807) is 24.3 Å². The van der Waals surface area contributed by atoms with Crippen LogP contribution in [0, 0.1) is 0 Å². The number of hydrogen-bond acceptors (Lipinski definition) is 4. The summed E-state index contributed by atoms with van der Waals surface area (Å²) < 4.78 is 6.00. The van der Waals surface area contributed by atoms with Crippen LogP contribution in [-0.2, 0) is 0 Å². The summed E-state index contributed by atoms with van der Waals surface area (Å²) in [7, 11) is 0. The molecule has 0 radical (unpaired) electrons. The van der Waals surface area contributed by atoms with Crippen molar-refractivity contribution >= 4 is 62.4 Å². The highest BCUT2D eigenvalue weighted by molar-refractivity contribution is 7.80. The number of anilines is 1. The fourth-order valence-corrected chi connectivity index (χ4v) is 3.93. The van der Waals surface area contributed by atoms with Gasteiger partial charge in [-0.05, 0) is 54.0 Å². The topological polar surface area (TPSA) is 67.2 Å². The zero-order valence-electron chi connectivity index (χ0n) is 16.6. The van der Waals surface area contributed by atoms with Crippen LogP contribution in [0.15, 0.2) is 89.3 Å². The number of nitrogens with one attached hydrogen (secondary N) is 2. The standard InChI is InChI=1S/C25H16ClN3O2S/c26-20-11-4-3-10-19(20)23(30)29-25(32)27-17-8-5-7-16(14-17)24-28-22-18-9-2-1-6-15(18)12-13-21(22)31-24/h1-14H,(H2,27,29,30,32). The zero-order valence-corrected chi connectivity index (χ0v) is 18.2. The minimum Gasteiger partial charge on any atom is -0.436 e. The molecule has 0 aliphatic carbocycles. The van der Waals surface area contributed by atoms with Gasteiger partial charge < -0.3 is 9.73 Å². The molecule has 1 amide bonds. The minimum absolute atomic E-state index is 0.163. The molecular weight excluding hydrogens is 442 g/mol. The van der Waals surface area contributed by atoms with Crippen molar-refractivity contribution < 1.29 is 9.21 Å². The van der Waals surface area contributed by atoms with Gasteiger partial charge in [0.25, 0.3) is 5.91 Å². The zero-order chi connectivity index (χ0) is 22.1. The Morgan fingerprint density at radius 2 is 1.75 bits per heavy atom. The number of fused-ring (bicyclic) bond motifs is 3. The van der Waals surface area contributed by atoms with Crippen LogP contribution in [0.1, 0.15) is 10.4 Å². The van der Waals surface area contributed by atoms with Crippen molar-refractivity contribution in [3.63, 3.8) is 0 Å². The number of thiocarbonyl (C=S) groups is 1. The second-order valence-corrected chi connectivity index (χ2v) is 7.94. The molecule has 7 heteroatoms. The van der Waals surface area contributed by atoms with Gasteiger partial charge in [0.15, 0.2) is 10.7 Å². The lowest BCUT2D eigenvalue weighted by Gasteiger charge is -2.10. The molecule has 0 unspecified atom stereocenters. The van der Waals surface area contributed by atoms with Crippen LogP contribution in [0.2, 0.25) is 5.02 Å². The highest BCUT2D eigenvalue weighted by Gasteiger charge is 2.13. The maximum Gasteiger partial charge on any atom is 0.258 e. The Morgan fingerprint density at radius 3 is 2.62 bits per heavy atom. The number of rotatable bonds is 3. The van der Waals surface area contributed by atoms with Crippen LogP contribution >= 0.6 is 23.8 Å². The Morgan fingerprint density at radius 1 is 0.938 bits per heavy atom. The van der Waals surface area contributed by atoms with E-state index >= 15 is 0 Å². The molecule has 2 N–H and O–H groups in total. The van der Waals surface area contributed by atoms with Crippen LogP contribution < -0.4 is 10.6 Å². The number of hydrogen-bond donors (Lipinski definition) is 2. The van der Waals surface area contributed by atoms with E-state index in [-0.39, 0.29) is 11.0 Å². The Kier molecular flexibility index (Phi) is 5.31. The Hall–Kier alpha value is -3.74. The van der Waals surface area contributed by atoms with Crippen molar-refractivity contribution in [1.82, 2.24) is 10.3 Å². The summed E-state index contributed by atoms with van der Waals surface area (Å²) >= 11 is 11.4. The Labute approximate surface area is 194 Å². The van der Waals surface area contributed by atoms with E-state index in [1.807, 2.05) is 60.7 Å². The molecule has 32 heavy (non-hydrogen) atoms. The van der Waals surface area contributed by atoms with Gasteiger partial charge >= 0.3 is 0 Å². The summed E-state index contributed by atoms with van der Waals surface area (Å²) in [5.74, 6) is 0.126. The highest BCUT2D eigenvalue weighted by atomic mass is 35.5. The maximum atomic E-state index is 12.4. The maximum absolute atomic E-state index is 12.4. The van der Waals surface area contributed by atoms with E-state index in [0.717, 1.165) is 27.4 Å². The van der Waals surface area contributed by atoms with Gasteiger partial charge in [-0.3, -0.25) is 10.1 Å². The van der Waals surface area contributed by atoms with Crippen LogP contribution in [-0.4, -0.2) is 16.0 Å². The molecule has 0 fully saturated rings. The fraction of sp³-hybridized carbons (Fsp3) is 0. The first-order chi connectivity index (χ1) is 15.6. The van der Waals surface area contributed by atoms with Crippen molar-refractivity contribution in [1.29, 1.82) is 0 Å². The van der Waals surface area contributed by atoms with Crippen LogP contribution in [0.5, 0.6) is 0 Å². The molecule has 156 valence electrons. The predicted molar refractivity (Wildman–Crippen MR) is 132 cm³/mol. The summed E-state index contributed by atoms with van der Waals surface area (Å²) in [5.41, 5.74) is 3.37. The molecule has 1 aromatic heterocycles. The van der Waals surface area contributed by atoms with E-state index in [4.69, 9.17) is 33.2 Å². The van der Waals surface area contributed by atoms with E-state index in [2.05, 4.69) is 10.6 Å². The molecule has 0 atom stereocenters. The minimum atomic E-state index is -0.380. The summed E-state index contributed by atoms with van der Waals surface area (Å²) in [4.78, 5) is 17.1. The lowest BCUT2D eigenvalue weighted by Crippen LogP contribution is -2.34. The molecule has 4 aromatic carbocycles. The van der Waals surface area contributed by atoms with Crippen molar-refractivity contribution in [2.75, 3.05) is 5.32 Å². The summed E-state index contributed by atoms with van der Waals surface area (Å²) in [6, 6.07) is 26.3. The largest absolute Gasteiger partial charge is 0.436 e. The van der Waals surface area contributed by atoms with Gasteiger partial charge in [0, 0.05) is 16.6 Å². The average Bonchev–Trinajstić information content (AvgIpc) is 3.24. The molecule has 0 bridgehead atoms. The van der Waals surface area contributed by atoms with Gasteiger partial charge in [0.1, 0.15) is 5.52 Å². The highest BCUT2D eigenvalue weighted by Crippen LogP contribution is 2.30. The number of carbonyl (C=O) groups is 1. The van der Waals surface area contributed by atoms with Crippen LogP contribution in [0.3, 0.4) is 0 Å². The van der Waals surface area contributed by atoms with Gasteiger partial charge in [-0.1, -0.05) is 60.1 Å². The number of aromatic nitrogens is 1. The Balaban J connectivity index is 1.38. The van der Waals surface area contributed by atoms with Gasteiger partial charge in [0.2, 0.25) is 5.89 Å². The average molecular weight is 458 g/mol. The number of benzene rings is 4. The van der Waals surface area contributed by atoms with Crippen LogP contribution in [0.4, 0.5) is 5.69 Å². The molecule has 5 nitrogen and oxygen atoms in total. The third-order valence-corrected chi connectivity index (χ3v) is 5.53. The second kappa shape index (κ2) is 8.42. The van der Waals surface area contributed by atoms with E-state index in [1.165, 1.54) is 0 Å². The third-order valence-electron chi connectivity index (χ3n) is 5.00. The predicted octanol–water partition coefficient (Wildman–Crippen LogP) is 6.43. The van der Waals surface area contributed by atoms with E-state index < -0.39 is 0 Å². The number of amides is 1. The normalized spacial score (nSPS) is 10.9. The van der Waals surface area contributed by atoms with E-state index in [0.29, 0.717) is 22.2 Å². The first-order valence-corrected chi connectivity index (χ1v) is 10.6. The van der Waals surface area contributed by atoms with Crippen LogP contribution in [0.25, 0.3) is 33.3 Å². The van der Waals surface area contributed by atoms with Gasteiger partial charge in [-0.15, -0.1) is 0 Å². The van der Waals surface area contributed by atoms with Crippen molar-refractivity contribution in [3.8, 4) is 11.5 Å². The summed E-state index contributed by atoms with van der Waals surface area (Å²) in [6.45, 7) is 0. The third kappa shape index (κ3) is 3.93. The van der Waals surface area contributed by atoms with Gasteiger partial charge in [-0.25, -0.2) is 4.98 Å². The molecule has 0 saturated carbocycles. The quantitative estimate of drug-likeness (QED) is 0.306. The summed E-state index contributed by atoms with van der Waals surface area (Å²) in [5, 5.41) is 8.33. The smallest absolute Gasteiger partial charge is 0.258 e. The molecule has 0 saturated heterocycles. The molecule has 0 aliphatic heterocycles. The first kappa shape index (κ1) is 20.2. The summed E-state index contributed by atoms with van der Waals surface area (Å²) in [6.07, 6.45) is 0. The monoisotopic (exact) mass is 457 g/mol. The first-order valence-electron chi connectivity index (χ1n) is 9.84. The van der Waals surface area contributed by atoms with E-state index in [9.17, 15) is 4.79 Å². The Bertz CT molecular complexity index is 1500. The number of carbonyl (C=O) groups excluding carboxylic acids is 1. The molecule has 0 spiro atoms. The lowest BCUT2D eigenvalue weighted by atomic mass is 10.1. The lowest BCUT2D eigenvalue weighted by molar-refractivity contribution is 0.0978. The SMILES string of the molecule is O=C(NC(=S)Nc1cccc(-c2nc3c(ccc4ccccc43)o2)c1)c1ccccc1Cl. The molecule has 5 rings (SSSR count). The second-order valence-electron chi connectivity index (χ2n) is 7.12. The fourth-order valence-electron chi connectivity index (χ4n) is 3.49. The van der Waals surface area contributed by atoms with Gasteiger partial charge in [-0.2, -0.15) is 0 Å². The van der Waals surface area contributed by atoms with Gasteiger partial charge in [0.05, 0.1) is 10.6 Å². The molecule has 5 aromatic rings. The number of nitrogens with zero attached hydrogens (tertiary/aromatic N) is 1. The van der Waals surface area contributed by atoms with Crippen molar-refractivity contribution in [3.05, 3.63) is 95.5 Å². The van der Waals surface area contributed by atoms with Crippen molar-refractivity contribution in [2.45, 2.75) is 0 Å². The van der Waals surface area contributed by atoms with Crippen molar-refractivity contribution in [2.24, 2.45) is 0 Å². The number of halogens is 1. The molecule has 1 heterocycles. The molecular formula is C25H16ClN3O2S. The molecule has 0 aliphatic rings.